The number of rotatable bonds is 4. The number of nitrogens with zero attached hydrogens (tertiary/aromatic N) is 6. The summed E-state index contributed by atoms with van der Waals surface area (Å²) in [7, 11) is 0. The lowest BCUT2D eigenvalue weighted by molar-refractivity contribution is 0.396. The third-order valence-corrected chi connectivity index (χ3v) is 4.75. The molecule has 156 valence electrons. The zero-order valence-corrected chi connectivity index (χ0v) is 16.4. The van der Waals surface area contributed by atoms with Crippen LogP contribution < -0.4 is 11.1 Å². The van der Waals surface area contributed by atoms with Gasteiger partial charge in [0, 0.05) is 11.8 Å². The summed E-state index contributed by atoms with van der Waals surface area (Å²) in [6.07, 6.45) is 2.92. The number of halogens is 2. The van der Waals surface area contributed by atoms with Crippen LogP contribution in [0.15, 0.2) is 30.7 Å². The highest BCUT2D eigenvalue weighted by atomic mass is 19.1. The lowest BCUT2D eigenvalue weighted by Gasteiger charge is -2.16. The number of nitriles is 1. The number of phenolic OH excluding ortho intramolecular Hbond substituents is 1. The second-order valence-corrected chi connectivity index (χ2v) is 6.86. The molecule has 0 saturated heterocycles. The van der Waals surface area contributed by atoms with Crippen molar-refractivity contribution in [3.63, 3.8) is 0 Å². The number of nitrogens with two attached hydrogens (primary N) is 1. The fourth-order valence-corrected chi connectivity index (χ4v) is 3.17. The fourth-order valence-electron chi connectivity index (χ4n) is 3.17. The first-order chi connectivity index (χ1) is 14.8. The summed E-state index contributed by atoms with van der Waals surface area (Å²) in [5.41, 5.74) is 7.58. The Morgan fingerprint density at radius 2 is 1.97 bits per heavy atom. The first kappa shape index (κ1) is 20.0. The third-order valence-electron chi connectivity index (χ3n) is 4.75. The number of nitrogens with one attached hydrogen (secondary N) is 1. The summed E-state index contributed by atoms with van der Waals surface area (Å²) in [6, 6.07) is 5.20. The van der Waals surface area contributed by atoms with E-state index in [0.717, 1.165) is 17.7 Å². The standard InChI is InChI=1S/C20H16F2N8O/c1-9-3-4-30-16(9)15(11-5-13(21)17(31)14(22)6-11)28-19(29-30)10(2)27-20-12(7-23)18(24)25-8-26-20/h3-6,8,10,31H,1-2H3,(H3,24,25,26,27)/t10-/m0/s1. The van der Waals surface area contributed by atoms with Crippen LogP contribution in [0.5, 0.6) is 5.75 Å². The largest absolute Gasteiger partial charge is 0.503 e. The van der Waals surface area contributed by atoms with Gasteiger partial charge in [-0.3, -0.25) is 0 Å². The maximum Gasteiger partial charge on any atom is 0.187 e. The quantitative estimate of drug-likeness (QED) is 0.456. The SMILES string of the molecule is Cc1ccn2nc([C@H](C)Nc3ncnc(N)c3C#N)nc(-c3cc(F)c(O)c(F)c3)c12. The summed E-state index contributed by atoms with van der Waals surface area (Å²) >= 11 is 0. The van der Waals surface area contributed by atoms with Gasteiger partial charge in [0.15, 0.2) is 23.2 Å². The number of fused-ring (bicyclic) bond motifs is 1. The molecule has 1 atom stereocenters. The first-order valence-electron chi connectivity index (χ1n) is 9.11. The molecule has 1 aromatic carbocycles. The van der Waals surface area contributed by atoms with E-state index in [9.17, 15) is 19.1 Å². The third kappa shape index (κ3) is 3.44. The highest BCUT2D eigenvalue weighted by Gasteiger charge is 2.20. The van der Waals surface area contributed by atoms with Crippen molar-refractivity contribution in [2.75, 3.05) is 11.1 Å². The van der Waals surface area contributed by atoms with Gasteiger partial charge < -0.3 is 16.2 Å². The summed E-state index contributed by atoms with van der Waals surface area (Å²) < 4.78 is 29.6. The van der Waals surface area contributed by atoms with Crippen molar-refractivity contribution >= 4 is 17.2 Å². The van der Waals surface area contributed by atoms with Gasteiger partial charge in [0.1, 0.15) is 29.6 Å². The Labute approximate surface area is 174 Å². The molecule has 4 aromatic rings. The summed E-state index contributed by atoms with van der Waals surface area (Å²) in [6.45, 7) is 3.55. The molecule has 0 bridgehead atoms. The minimum Gasteiger partial charge on any atom is -0.503 e. The number of phenols is 1. The summed E-state index contributed by atoms with van der Waals surface area (Å²) in [5, 5.41) is 26.2. The van der Waals surface area contributed by atoms with Crippen LogP contribution in [0, 0.1) is 29.9 Å². The van der Waals surface area contributed by atoms with Gasteiger partial charge >= 0.3 is 0 Å². The smallest absolute Gasteiger partial charge is 0.187 e. The molecule has 0 aliphatic heterocycles. The molecule has 4 rings (SSSR count). The molecule has 31 heavy (non-hydrogen) atoms. The van der Waals surface area contributed by atoms with Crippen molar-refractivity contribution < 1.29 is 13.9 Å². The van der Waals surface area contributed by atoms with Crippen LogP contribution >= 0.6 is 0 Å². The van der Waals surface area contributed by atoms with E-state index in [1.807, 2.05) is 13.0 Å². The number of aryl methyl sites for hydroxylation is 1. The Balaban J connectivity index is 1.84. The lowest BCUT2D eigenvalue weighted by atomic mass is 10.1. The number of aromatic nitrogens is 5. The maximum absolute atomic E-state index is 14.0. The molecule has 11 heteroatoms. The normalized spacial score (nSPS) is 12.0. The van der Waals surface area contributed by atoms with Crippen LogP contribution in [0.3, 0.4) is 0 Å². The average Bonchev–Trinajstić information content (AvgIpc) is 3.12. The van der Waals surface area contributed by atoms with Gasteiger partial charge in [0.25, 0.3) is 0 Å². The Morgan fingerprint density at radius 3 is 2.65 bits per heavy atom. The summed E-state index contributed by atoms with van der Waals surface area (Å²) in [4.78, 5) is 12.4. The molecule has 4 N–H and O–H groups in total. The van der Waals surface area contributed by atoms with E-state index < -0.39 is 23.4 Å². The molecule has 0 fully saturated rings. The molecule has 0 spiro atoms. The van der Waals surface area contributed by atoms with E-state index >= 15 is 0 Å². The molecular formula is C20H16F2N8O. The second-order valence-electron chi connectivity index (χ2n) is 6.86. The lowest BCUT2D eigenvalue weighted by Crippen LogP contribution is -2.16. The predicted octanol–water partition coefficient (Wildman–Crippen LogP) is 3.11. The monoisotopic (exact) mass is 422 g/mol. The number of anilines is 2. The Bertz CT molecular complexity index is 1340. The van der Waals surface area contributed by atoms with Crippen LogP contribution in [0.2, 0.25) is 0 Å². The van der Waals surface area contributed by atoms with Crippen molar-refractivity contribution in [2.24, 2.45) is 0 Å². The molecule has 0 aliphatic rings. The number of hydrogen-bond donors (Lipinski definition) is 3. The first-order valence-corrected chi connectivity index (χ1v) is 9.11. The van der Waals surface area contributed by atoms with Crippen molar-refractivity contribution in [1.29, 1.82) is 5.26 Å². The Hall–Kier alpha value is -4.33. The van der Waals surface area contributed by atoms with Crippen molar-refractivity contribution in [3.8, 4) is 23.1 Å². The zero-order chi connectivity index (χ0) is 22.3. The minimum absolute atomic E-state index is 0.0281. The molecule has 0 radical (unpaired) electrons. The van der Waals surface area contributed by atoms with E-state index in [4.69, 9.17) is 5.73 Å². The van der Waals surface area contributed by atoms with Crippen LogP contribution in [0.1, 0.15) is 29.9 Å². The van der Waals surface area contributed by atoms with E-state index in [-0.39, 0.29) is 34.3 Å². The second kappa shape index (κ2) is 7.49. The number of nitrogen functional groups attached to an aromatic ring is 1. The molecule has 0 saturated carbocycles. The van der Waals surface area contributed by atoms with Gasteiger partial charge in [-0.2, -0.15) is 10.4 Å². The minimum atomic E-state index is -1.10. The number of benzene rings is 1. The van der Waals surface area contributed by atoms with Gasteiger partial charge in [-0.1, -0.05) is 0 Å². The number of hydrogen-bond acceptors (Lipinski definition) is 8. The van der Waals surface area contributed by atoms with Gasteiger partial charge in [-0.05, 0) is 37.6 Å². The van der Waals surface area contributed by atoms with Gasteiger partial charge in [0.05, 0.1) is 17.3 Å². The Kier molecular flexibility index (Phi) is 4.82. The van der Waals surface area contributed by atoms with E-state index in [1.165, 1.54) is 6.33 Å². The number of aromatic hydroxyl groups is 1. The van der Waals surface area contributed by atoms with Crippen molar-refractivity contribution in [1.82, 2.24) is 24.6 Å². The van der Waals surface area contributed by atoms with Crippen LogP contribution in [-0.4, -0.2) is 29.7 Å². The summed E-state index contributed by atoms with van der Waals surface area (Å²) in [5.74, 6) is -2.74. The van der Waals surface area contributed by atoms with Crippen LogP contribution in [0.4, 0.5) is 20.4 Å². The van der Waals surface area contributed by atoms with Crippen molar-refractivity contribution in [2.45, 2.75) is 19.9 Å². The average molecular weight is 422 g/mol. The van der Waals surface area contributed by atoms with E-state index in [1.54, 1.807) is 23.7 Å². The highest BCUT2D eigenvalue weighted by Crippen LogP contribution is 2.32. The molecule has 9 nitrogen and oxygen atoms in total. The topological polar surface area (TPSA) is 138 Å². The van der Waals surface area contributed by atoms with E-state index in [2.05, 4.69) is 25.4 Å². The van der Waals surface area contributed by atoms with Crippen molar-refractivity contribution in [3.05, 3.63) is 59.3 Å². The predicted molar refractivity (Wildman–Crippen MR) is 108 cm³/mol. The maximum atomic E-state index is 14.0. The molecule has 0 amide bonds. The highest BCUT2D eigenvalue weighted by molar-refractivity contribution is 5.80. The van der Waals surface area contributed by atoms with E-state index in [0.29, 0.717) is 5.52 Å². The Morgan fingerprint density at radius 1 is 1.26 bits per heavy atom. The molecule has 0 aliphatic carbocycles. The molecular weight excluding hydrogens is 406 g/mol. The molecule has 3 heterocycles. The van der Waals surface area contributed by atoms with Gasteiger partial charge in [-0.25, -0.2) is 28.2 Å². The van der Waals surface area contributed by atoms with Crippen LogP contribution in [0.25, 0.3) is 16.8 Å². The van der Waals surface area contributed by atoms with Crippen LogP contribution in [-0.2, 0) is 0 Å². The molecule has 3 aromatic heterocycles. The zero-order valence-electron chi connectivity index (χ0n) is 16.4. The fraction of sp³-hybridized carbons (Fsp3) is 0.150. The molecule has 0 unspecified atom stereocenters. The van der Waals surface area contributed by atoms with Gasteiger partial charge in [0.2, 0.25) is 0 Å². The van der Waals surface area contributed by atoms with Gasteiger partial charge in [-0.15, -0.1) is 0 Å².